The summed E-state index contributed by atoms with van der Waals surface area (Å²) in [6, 6.07) is 18.7. The minimum Gasteiger partial charge on any atom is -0.450 e. The van der Waals surface area contributed by atoms with E-state index in [-0.39, 0.29) is 5.91 Å². The SMILES string of the molecule is CNC1(Oc2cc(C(=O)Nc3ccccc3)ccc2C)NC=CC=C1c1ccncc1. The van der Waals surface area contributed by atoms with Gasteiger partial charge in [-0.2, -0.15) is 0 Å². The Morgan fingerprint density at radius 1 is 1.06 bits per heavy atom. The Morgan fingerprint density at radius 3 is 2.58 bits per heavy atom. The van der Waals surface area contributed by atoms with Gasteiger partial charge in [0.2, 0.25) is 0 Å². The predicted octanol–water partition coefficient (Wildman–Crippen LogP) is 4.09. The number of pyridine rings is 1. The maximum Gasteiger partial charge on any atom is 0.265 e. The third kappa shape index (κ3) is 4.34. The largest absolute Gasteiger partial charge is 0.450 e. The average molecular weight is 412 g/mol. The molecule has 156 valence electrons. The van der Waals surface area contributed by atoms with Crippen molar-refractivity contribution in [2.75, 3.05) is 12.4 Å². The summed E-state index contributed by atoms with van der Waals surface area (Å²) < 4.78 is 6.49. The number of amides is 1. The second kappa shape index (κ2) is 8.85. The second-order valence-corrected chi connectivity index (χ2v) is 7.15. The van der Waals surface area contributed by atoms with Crippen molar-refractivity contribution in [1.29, 1.82) is 0 Å². The van der Waals surface area contributed by atoms with E-state index in [9.17, 15) is 4.79 Å². The Kier molecular flexibility index (Phi) is 5.82. The molecule has 0 bridgehead atoms. The van der Waals surface area contributed by atoms with Crippen molar-refractivity contribution in [1.82, 2.24) is 15.6 Å². The molecule has 2 aromatic carbocycles. The van der Waals surface area contributed by atoms with Gasteiger partial charge in [0.15, 0.2) is 0 Å². The highest BCUT2D eigenvalue weighted by atomic mass is 16.5. The summed E-state index contributed by atoms with van der Waals surface area (Å²) >= 11 is 0. The number of carbonyl (C=O) groups is 1. The topological polar surface area (TPSA) is 75.3 Å². The first-order valence-electron chi connectivity index (χ1n) is 10.0. The number of anilines is 1. The Morgan fingerprint density at radius 2 is 1.84 bits per heavy atom. The molecule has 31 heavy (non-hydrogen) atoms. The van der Waals surface area contributed by atoms with Crippen molar-refractivity contribution in [3.05, 3.63) is 108 Å². The third-order valence-corrected chi connectivity index (χ3v) is 5.11. The van der Waals surface area contributed by atoms with Crippen molar-refractivity contribution in [2.24, 2.45) is 0 Å². The third-order valence-electron chi connectivity index (χ3n) is 5.11. The Labute approximate surface area is 181 Å². The van der Waals surface area contributed by atoms with Crippen molar-refractivity contribution in [3.63, 3.8) is 0 Å². The predicted molar refractivity (Wildman–Crippen MR) is 122 cm³/mol. The number of allylic oxidation sites excluding steroid dienone is 2. The molecular formula is C25H24N4O2. The van der Waals surface area contributed by atoms with Crippen LogP contribution < -0.4 is 20.7 Å². The smallest absolute Gasteiger partial charge is 0.265 e. The van der Waals surface area contributed by atoms with Gasteiger partial charge < -0.3 is 15.4 Å². The fraction of sp³-hybridized carbons (Fsp3) is 0.120. The van der Waals surface area contributed by atoms with Gasteiger partial charge in [0.05, 0.1) is 0 Å². The summed E-state index contributed by atoms with van der Waals surface area (Å²) in [7, 11) is 1.82. The van der Waals surface area contributed by atoms with Crippen molar-refractivity contribution in [2.45, 2.75) is 12.8 Å². The van der Waals surface area contributed by atoms with Crippen molar-refractivity contribution >= 4 is 17.2 Å². The first kappa shape index (κ1) is 20.4. The molecule has 4 rings (SSSR count). The summed E-state index contributed by atoms with van der Waals surface area (Å²) in [4.78, 5) is 16.9. The number of hydrogen-bond acceptors (Lipinski definition) is 5. The molecular weight excluding hydrogens is 388 g/mol. The van der Waals surface area contributed by atoms with Gasteiger partial charge >= 0.3 is 0 Å². The van der Waals surface area contributed by atoms with Crippen molar-refractivity contribution in [3.8, 4) is 5.75 Å². The lowest BCUT2D eigenvalue weighted by Crippen LogP contribution is -2.59. The molecule has 0 saturated carbocycles. The standard InChI is InChI=1S/C25H24N4O2/c1-18-10-11-20(24(30)29-21-7-4-3-5-8-21)17-23(18)31-25(26-2)22(9-6-14-28-25)19-12-15-27-16-13-19/h3-17,26,28H,1-2H3,(H,29,30). The minimum atomic E-state index is -1.00. The van der Waals surface area contributed by atoms with Crippen LogP contribution in [-0.4, -0.2) is 23.8 Å². The lowest BCUT2D eigenvalue weighted by molar-refractivity contribution is 0.0774. The molecule has 3 aromatic rings. The molecule has 0 radical (unpaired) electrons. The number of hydrogen-bond donors (Lipinski definition) is 3. The summed E-state index contributed by atoms with van der Waals surface area (Å²) in [5, 5.41) is 9.46. The first-order chi connectivity index (χ1) is 15.1. The summed E-state index contributed by atoms with van der Waals surface area (Å²) in [5.74, 6) is -0.608. The molecule has 2 heterocycles. The maximum atomic E-state index is 12.8. The normalized spacial score (nSPS) is 17.4. The van der Waals surface area contributed by atoms with Crippen LogP contribution in [0.3, 0.4) is 0 Å². The highest BCUT2D eigenvalue weighted by Gasteiger charge is 2.37. The number of rotatable bonds is 6. The van der Waals surface area contributed by atoms with Gasteiger partial charge in [0, 0.05) is 35.4 Å². The number of nitrogens with one attached hydrogen (secondary N) is 3. The number of para-hydroxylation sites is 1. The van der Waals surface area contributed by atoms with Gasteiger partial charge in [-0.1, -0.05) is 24.3 Å². The highest BCUT2D eigenvalue weighted by Crippen LogP contribution is 2.32. The lowest BCUT2D eigenvalue weighted by Gasteiger charge is -2.38. The first-order valence-corrected chi connectivity index (χ1v) is 10.0. The van der Waals surface area contributed by atoms with Crippen LogP contribution in [0.2, 0.25) is 0 Å². The summed E-state index contributed by atoms with van der Waals surface area (Å²) in [6.45, 7) is 1.95. The maximum absolute atomic E-state index is 12.8. The van der Waals surface area contributed by atoms with E-state index in [4.69, 9.17) is 4.74 Å². The number of benzene rings is 2. The van der Waals surface area contributed by atoms with Gasteiger partial charge in [-0.25, -0.2) is 0 Å². The molecule has 1 unspecified atom stereocenters. The van der Waals surface area contributed by atoms with Gasteiger partial charge in [-0.05, 0) is 73.6 Å². The molecule has 0 fully saturated rings. The van der Waals surface area contributed by atoms with Crippen LogP contribution in [0.4, 0.5) is 5.69 Å². The monoisotopic (exact) mass is 412 g/mol. The van der Waals surface area contributed by atoms with Crippen LogP contribution in [0.25, 0.3) is 5.57 Å². The molecule has 6 nitrogen and oxygen atoms in total. The number of ether oxygens (including phenoxy) is 1. The van der Waals surface area contributed by atoms with Crippen LogP contribution in [0.15, 0.2) is 91.4 Å². The Balaban J connectivity index is 1.64. The van der Waals surface area contributed by atoms with Crippen LogP contribution >= 0.6 is 0 Å². The van der Waals surface area contributed by atoms with Crippen LogP contribution in [0.5, 0.6) is 5.75 Å². The van der Waals surface area contributed by atoms with Gasteiger partial charge in [-0.15, -0.1) is 0 Å². The number of aromatic nitrogens is 1. The zero-order valence-electron chi connectivity index (χ0n) is 17.4. The van der Waals surface area contributed by atoms with E-state index < -0.39 is 5.85 Å². The quantitative estimate of drug-likeness (QED) is 0.532. The lowest BCUT2D eigenvalue weighted by atomic mass is 9.99. The molecule has 1 atom stereocenters. The van der Waals surface area contributed by atoms with Crippen molar-refractivity contribution < 1.29 is 9.53 Å². The van der Waals surface area contributed by atoms with Gasteiger partial charge in [0.25, 0.3) is 11.8 Å². The Bertz CT molecular complexity index is 1130. The molecule has 3 N–H and O–H groups in total. The summed E-state index contributed by atoms with van der Waals surface area (Å²) in [6.07, 6.45) is 9.22. The van der Waals surface area contributed by atoms with Gasteiger partial charge in [0.1, 0.15) is 5.75 Å². The molecule has 1 amide bonds. The van der Waals surface area contributed by atoms with E-state index in [1.54, 1.807) is 24.5 Å². The molecule has 0 spiro atoms. The number of carbonyl (C=O) groups excluding carboxylic acids is 1. The summed E-state index contributed by atoms with van der Waals surface area (Å²) in [5.41, 5.74) is 4.03. The molecule has 6 heteroatoms. The van der Waals surface area contributed by atoms with Crippen LogP contribution in [0, 0.1) is 6.92 Å². The minimum absolute atomic E-state index is 0.198. The van der Waals surface area contributed by atoms with E-state index in [0.717, 1.165) is 22.4 Å². The van der Waals surface area contributed by atoms with E-state index in [1.165, 1.54) is 0 Å². The zero-order valence-corrected chi connectivity index (χ0v) is 17.4. The molecule has 1 aromatic heterocycles. The van der Waals surface area contributed by atoms with E-state index >= 15 is 0 Å². The number of nitrogens with zero attached hydrogens (tertiary/aromatic N) is 1. The van der Waals surface area contributed by atoms with E-state index in [1.807, 2.05) is 80.9 Å². The average Bonchev–Trinajstić information content (AvgIpc) is 2.82. The second-order valence-electron chi connectivity index (χ2n) is 7.15. The molecule has 0 saturated heterocycles. The number of dihydropyridines is 1. The number of aryl methyl sites for hydroxylation is 1. The Hall–Kier alpha value is -3.90. The van der Waals surface area contributed by atoms with E-state index in [0.29, 0.717) is 11.3 Å². The fourth-order valence-corrected chi connectivity index (χ4v) is 3.42. The van der Waals surface area contributed by atoms with E-state index in [2.05, 4.69) is 20.9 Å². The molecule has 0 aliphatic carbocycles. The van der Waals surface area contributed by atoms with Crippen LogP contribution in [0.1, 0.15) is 21.5 Å². The highest BCUT2D eigenvalue weighted by molar-refractivity contribution is 6.04. The molecule has 1 aliphatic rings. The number of likely N-dealkylation sites (N-methyl/N-ethyl adjacent to an activating group) is 1. The van der Waals surface area contributed by atoms with Gasteiger partial charge in [-0.3, -0.25) is 15.1 Å². The fourth-order valence-electron chi connectivity index (χ4n) is 3.42. The molecule has 1 aliphatic heterocycles. The zero-order chi connectivity index (χ0) is 21.7. The van der Waals surface area contributed by atoms with Crippen LogP contribution in [-0.2, 0) is 0 Å².